The zero-order valence-corrected chi connectivity index (χ0v) is 16.7. The van der Waals surface area contributed by atoms with Crippen molar-refractivity contribution in [2.45, 2.75) is 46.5 Å². The van der Waals surface area contributed by atoms with Gasteiger partial charge in [-0.1, -0.05) is 0 Å². The Morgan fingerprint density at radius 3 is 1.58 bits per heavy atom. The summed E-state index contributed by atoms with van der Waals surface area (Å²) in [5.41, 5.74) is 0. The Labute approximate surface area is 157 Å². The Hall–Kier alpha value is -1.67. The number of carbonyl (C=O) groups is 3. The van der Waals surface area contributed by atoms with Crippen molar-refractivity contribution in [1.82, 2.24) is 26.2 Å². The first-order valence-corrected chi connectivity index (χ1v) is 9.76. The van der Waals surface area contributed by atoms with Gasteiger partial charge in [-0.3, -0.25) is 14.4 Å². The van der Waals surface area contributed by atoms with Crippen LogP contribution in [-0.4, -0.2) is 75.0 Å². The van der Waals surface area contributed by atoms with Crippen molar-refractivity contribution in [2.24, 2.45) is 0 Å². The Morgan fingerprint density at radius 1 is 0.654 bits per heavy atom. The van der Waals surface area contributed by atoms with Crippen LogP contribution in [0.25, 0.3) is 0 Å². The first-order chi connectivity index (χ1) is 12.5. The fraction of sp³-hybridized carbons (Fsp3) is 0.833. The number of amides is 3. The first kappa shape index (κ1) is 24.3. The molecule has 0 unspecified atom stereocenters. The molecule has 0 aromatic rings. The van der Waals surface area contributed by atoms with Crippen molar-refractivity contribution in [3.8, 4) is 0 Å². The van der Waals surface area contributed by atoms with E-state index >= 15 is 0 Å². The van der Waals surface area contributed by atoms with Gasteiger partial charge in [0.2, 0.25) is 17.7 Å². The molecule has 0 saturated heterocycles. The molecule has 0 rings (SSSR count). The standard InChI is InChI=1S/C18H37N5O3/c1-4-20-16(24)8-12-19-11-7-13-23(14-9-17(25)21-5-2)15-10-18(26)22-6-3/h19H,4-15H2,1-3H3,(H,20,24)(H,21,25)(H,22,26). The maximum absolute atomic E-state index is 11.7. The van der Waals surface area contributed by atoms with E-state index < -0.39 is 0 Å². The van der Waals surface area contributed by atoms with Gasteiger partial charge in [0, 0.05) is 58.5 Å². The van der Waals surface area contributed by atoms with Crippen LogP contribution in [0.5, 0.6) is 0 Å². The lowest BCUT2D eigenvalue weighted by atomic mass is 10.2. The quantitative estimate of drug-likeness (QED) is 0.283. The van der Waals surface area contributed by atoms with Crippen LogP contribution in [0.2, 0.25) is 0 Å². The van der Waals surface area contributed by atoms with Gasteiger partial charge in [-0.15, -0.1) is 0 Å². The Kier molecular flexibility index (Phi) is 15.7. The van der Waals surface area contributed by atoms with E-state index in [0.29, 0.717) is 58.5 Å². The molecule has 4 N–H and O–H groups in total. The summed E-state index contributed by atoms with van der Waals surface area (Å²) in [6, 6.07) is 0. The molecule has 8 nitrogen and oxygen atoms in total. The number of hydrogen-bond acceptors (Lipinski definition) is 5. The molecule has 26 heavy (non-hydrogen) atoms. The lowest BCUT2D eigenvalue weighted by Gasteiger charge is -2.22. The molecule has 0 radical (unpaired) electrons. The van der Waals surface area contributed by atoms with E-state index in [4.69, 9.17) is 0 Å². The van der Waals surface area contributed by atoms with E-state index in [1.807, 2.05) is 20.8 Å². The molecule has 0 aromatic heterocycles. The molecule has 152 valence electrons. The molecule has 0 aliphatic heterocycles. The van der Waals surface area contributed by atoms with Crippen LogP contribution >= 0.6 is 0 Å². The average Bonchev–Trinajstić information content (AvgIpc) is 2.60. The zero-order chi connectivity index (χ0) is 19.6. The molecule has 0 saturated carbocycles. The van der Waals surface area contributed by atoms with E-state index in [-0.39, 0.29) is 17.7 Å². The molecule has 0 bridgehead atoms. The third-order valence-electron chi connectivity index (χ3n) is 3.79. The minimum absolute atomic E-state index is 0.0376. The highest BCUT2D eigenvalue weighted by molar-refractivity contribution is 5.76. The van der Waals surface area contributed by atoms with Crippen LogP contribution in [0, 0.1) is 0 Å². The summed E-state index contributed by atoms with van der Waals surface area (Å²) in [4.78, 5) is 36.8. The number of nitrogens with one attached hydrogen (secondary N) is 4. The number of nitrogens with zero attached hydrogens (tertiary/aromatic N) is 1. The first-order valence-electron chi connectivity index (χ1n) is 9.76. The van der Waals surface area contributed by atoms with Crippen molar-refractivity contribution < 1.29 is 14.4 Å². The lowest BCUT2D eigenvalue weighted by Crippen LogP contribution is -2.36. The smallest absolute Gasteiger partial charge is 0.221 e. The minimum atomic E-state index is 0.0376. The molecule has 0 heterocycles. The Morgan fingerprint density at radius 2 is 1.12 bits per heavy atom. The summed E-state index contributed by atoms with van der Waals surface area (Å²) in [5.74, 6) is 0.136. The summed E-state index contributed by atoms with van der Waals surface area (Å²) < 4.78 is 0. The van der Waals surface area contributed by atoms with Gasteiger partial charge in [0.15, 0.2) is 0 Å². The molecule has 0 aliphatic rings. The fourth-order valence-electron chi connectivity index (χ4n) is 2.47. The van der Waals surface area contributed by atoms with Crippen LogP contribution < -0.4 is 21.3 Å². The van der Waals surface area contributed by atoms with E-state index in [0.717, 1.165) is 19.5 Å². The molecule has 0 fully saturated rings. The number of hydrogen-bond donors (Lipinski definition) is 4. The second-order valence-electron chi connectivity index (χ2n) is 6.06. The van der Waals surface area contributed by atoms with Crippen LogP contribution in [0.1, 0.15) is 46.5 Å². The average molecular weight is 372 g/mol. The predicted molar refractivity (Wildman–Crippen MR) is 104 cm³/mol. The summed E-state index contributed by atoms with van der Waals surface area (Å²) in [5, 5.41) is 11.6. The van der Waals surface area contributed by atoms with Crippen molar-refractivity contribution in [3.63, 3.8) is 0 Å². The van der Waals surface area contributed by atoms with Crippen molar-refractivity contribution >= 4 is 17.7 Å². The second kappa shape index (κ2) is 16.8. The van der Waals surface area contributed by atoms with E-state index in [9.17, 15) is 14.4 Å². The van der Waals surface area contributed by atoms with E-state index in [1.54, 1.807) is 0 Å². The summed E-state index contributed by atoms with van der Waals surface area (Å²) in [6.45, 7) is 11.2. The fourth-order valence-corrected chi connectivity index (χ4v) is 2.47. The highest BCUT2D eigenvalue weighted by Gasteiger charge is 2.10. The van der Waals surface area contributed by atoms with Crippen LogP contribution in [0.15, 0.2) is 0 Å². The van der Waals surface area contributed by atoms with E-state index in [1.165, 1.54) is 0 Å². The normalized spacial score (nSPS) is 10.6. The van der Waals surface area contributed by atoms with Crippen LogP contribution in [-0.2, 0) is 14.4 Å². The highest BCUT2D eigenvalue weighted by Crippen LogP contribution is 1.97. The molecule has 0 atom stereocenters. The lowest BCUT2D eigenvalue weighted by molar-refractivity contribution is -0.122. The zero-order valence-electron chi connectivity index (χ0n) is 16.7. The van der Waals surface area contributed by atoms with Gasteiger partial charge in [0.25, 0.3) is 0 Å². The highest BCUT2D eigenvalue weighted by atomic mass is 16.2. The van der Waals surface area contributed by atoms with Gasteiger partial charge >= 0.3 is 0 Å². The van der Waals surface area contributed by atoms with Gasteiger partial charge in [-0.05, 0) is 40.3 Å². The largest absolute Gasteiger partial charge is 0.356 e. The monoisotopic (exact) mass is 371 g/mol. The maximum atomic E-state index is 11.7. The van der Waals surface area contributed by atoms with Gasteiger partial charge in [-0.2, -0.15) is 0 Å². The van der Waals surface area contributed by atoms with Crippen molar-refractivity contribution in [2.75, 3.05) is 52.4 Å². The second-order valence-corrected chi connectivity index (χ2v) is 6.06. The summed E-state index contributed by atoms with van der Waals surface area (Å²) in [6.07, 6.45) is 2.26. The van der Waals surface area contributed by atoms with Crippen LogP contribution in [0.3, 0.4) is 0 Å². The molecule has 8 heteroatoms. The van der Waals surface area contributed by atoms with Gasteiger partial charge in [-0.25, -0.2) is 0 Å². The predicted octanol–water partition coefficient (Wildman–Crippen LogP) is -0.153. The maximum Gasteiger partial charge on any atom is 0.221 e. The van der Waals surface area contributed by atoms with Gasteiger partial charge in [0.05, 0.1) is 0 Å². The number of carbonyl (C=O) groups excluding carboxylic acids is 3. The molecule has 0 aromatic carbocycles. The van der Waals surface area contributed by atoms with E-state index in [2.05, 4.69) is 26.2 Å². The Balaban J connectivity index is 4.07. The van der Waals surface area contributed by atoms with Gasteiger partial charge in [0.1, 0.15) is 0 Å². The molecule has 0 aliphatic carbocycles. The molecular weight excluding hydrogens is 334 g/mol. The Bertz CT molecular complexity index is 382. The topological polar surface area (TPSA) is 103 Å². The molecular formula is C18H37N5O3. The number of rotatable bonds is 16. The molecule has 3 amide bonds. The third kappa shape index (κ3) is 14.7. The van der Waals surface area contributed by atoms with Crippen molar-refractivity contribution in [1.29, 1.82) is 0 Å². The summed E-state index contributed by atoms with van der Waals surface area (Å²) in [7, 11) is 0. The van der Waals surface area contributed by atoms with Crippen molar-refractivity contribution in [3.05, 3.63) is 0 Å². The van der Waals surface area contributed by atoms with Crippen LogP contribution in [0.4, 0.5) is 0 Å². The summed E-state index contributed by atoms with van der Waals surface area (Å²) >= 11 is 0. The minimum Gasteiger partial charge on any atom is -0.356 e. The third-order valence-corrected chi connectivity index (χ3v) is 3.79. The SMILES string of the molecule is CCNC(=O)CCNCCCN(CCC(=O)NCC)CCC(=O)NCC. The van der Waals surface area contributed by atoms with Gasteiger partial charge < -0.3 is 26.2 Å². The molecule has 0 spiro atoms.